The first-order valence-electron chi connectivity index (χ1n) is 6.21. The van der Waals surface area contributed by atoms with E-state index in [-0.39, 0.29) is 12.5 Å². The normalized spacial score (nSPS) is 15.8. The van der Waals surface area contributed by atoms with Crippen LogP contribution in [-0.4, -0.2) is 30.5 Å². The van der Waals surface area contributed by atoms with Gasteiger partial charge in [0.15, 0.2) is 6.61 Å². The average molecular weight is 233 g/mol. The van der Waals surface area contributed by atoms with Gasteiger partial charge in [-0.1, -0.05) is 31.0 Å². The van der Waals surface area contributed by atoms with Gasteiger partial charge >= 0.3 is 0 Å². The number of para-hydroxylation sites is 1. The molecule has 1 aliphatic rings. The smallest absolute Gasteiger partial charge is 0.260 e. The highest BCUT2D eigenvalue weighted by atomic mass is 16.5. The molecule has 1 aromatic carbocycles. The zero-order chi connectivity index (χ0) is 12.1. The molecule has 1 saturated carbocycles. The summed E-state index contributed by atoms with van der Waals surface area (Å²) in [7, 11) is 1.88. The molecule has 1 fully saturated rings. The van der Waals surface area contributed by atoms with E-state index in [0.29, 0.717) is 6.04 Å². The predicted octanol–water partition coefficient (Wildman–Crippen LogP) is 2.47. The largest absolute Gasteiger partial charge is 0.484 e. The number of likely N-dealkylation sites (N-methyl/N-ethyl adjacent to an activating group) is 1. The lowest BCUT2D eigenvalue weighted by molar-refractivity contribution is -0.134. The third-order valence-electron chi connectivity index (χ3n) is 3.37. The molecular weight excluding hydrogens is 214 g/mol. The van der Waals surface area contributed by atoms with E-state index in [4.69, 9.17) is 4.74 Å². The predicted molar refractivity (Wildman–Crippen MR) is 67.0 cm³/mol. The Hall–Kier alpha value is -1.51. The molecule has 1 aromatic rings. The topological polar surface area (TPSA) is 29.5 Å². The van der Waals surface area contributed by atoms with E-state index in [2.05, 4.69) is 0 Å². The first-order chi connectivity index (χ1) is 8.27. The van der Waals surface area contributed by atoms with Gasteiger partial charge in [-0.25, -0.2) is 0 Å². The standard InChI is InChI=1S/C14H19NO2/c1-15(12-7-5-6-8-12)14(16)11-17-13-9-3-2-4-10-13/h2-4,9-10,12H,5-8,11H2,1H3. The van der Waals surface area contributed by atoms with Crippen molar-refractivity contribution in [2.24, 2.45) is 0 Å². The van der Waals surface area contributed by atoms with Crippen LogP contribution in [0.4, 0.5) is 0 Å². The Morgan fingerprint density at radius 3 is 2.59 bits per heavy atom. The van der Waals surface area contributed by atoms with Crippen LogP contribution in [0.15, 0.2) is 30.3 Å². The summed E-state index contributed by atoms with van der Waals surface area (Å²) in [6.45, 7) is 0.136. The van der Waals surface area contributed by atoms with Gasteiger partial charge in [-0.2, -0.15) is 0 Å². The van der Waals surface area contributed by atoms with E-state index in [9.17, 15) is 4.79 Å². The molecule has 0 spiro atoms. The Kier molecular flexibility index (Phi) is 4.02. The maximum absolute atomic E-state index is 11.9. The molecule has 3 nitrogen and oxygen atoms in total. The summed E-state index contributed by atoms with van der Waals surface area (Å²) >= 11 is 0. The summed E-state index contributed by atoms with van der Waals surface area (Å²) in [5, 5.41) is 0. The molecule has 92 valence electrons. The van der Waals surface area contributed by atoms with Crippen molar-refractivity contribution in [1.29, 1.82) is 0 Å². The summed E-state index contributed by atoms with van der Waals surface area (Å²) in [5.74, 6) is 0.821. The van der Waals surface area contributed by atoms with Gasteiger partial charge in [-0.05, 0) is 25.0 Å². The van der Waals surface area contributed by atoms with Gasteiger partial charge in [0.2, 0.25) is 0 Å². The first kappa shape index (κ1) is 12.0. The van der Waals surface area contributed by atoms with Crippen LogP contribution in [0.5, 0.6) is 5.75 Å². The Bertz CT molecular complexity index is 358. The van der Waals surface area contributed by atoms with Crippen LogP contribution in [0.2, 0.25) is 0 Å². The molecule has 2 rings (SSSR count). The minimum Gasteiger partial charge on any atom is -0.484 e. The highest BCUT2D eigenvalue weighted by Crippen LogP contribution is 2.22. The maximum Gasteiger partial charge on any atom is 0.260 e. The van der Waals surface area contributed by atoms with E-state index in [1.807, 2.05) is 42.3 Å². The van der Waals surface area contributed by atoms with Crippen molar-refractivity contribution in [2.45, 2.75) is 31.7 Å². The van der Waals surface area contributed by atoms with Gasteiger partial charge in [0.1, 0.15) is 5.75 Å². The van der Waals surface area contributed by atoms with Crippen molar-refractivity contribution in [2.75, 3.05) is 13.7 Å². The van der Waals surface area contributed by atoms with Crippen LogP contribution in [0.1, 0.15) is 25.7 Å². The molecule has 0 heterocycles. The van der Waals surface area contributed by atoms with Crippen molar-refractivity contribution >= 4 is 5.91 Å². The van der Waals surface area contributed by atoms with Crippen LogP contribution < -0.4 is 4.74 Å². The van der Waals surface area contributed by atoms with Gasteiger partial charge in [0.05, 0.1) is 0 Å². The zero-order valence-corrected chi connectivity index (χ0v) is 10.3. The number of nitrogens with zero attached hydrogens (tertiary/aromatic N) is 1. The second-order valence-electron chi connectivity index (χ2n) is 4.54. The molecule has 17 heavy (non-hydrogen) atoms. The molecular formula is C14H19NO2. The number of hydrogen-bond donors (Lipinski definition) is 0. The maximum atomic E-state index is 11.9. The molecule has 0 unspecified atom stereocenters. The van der Waals surface area contributed by atoms with Crippen molar-refractivity contribution in [3.63, 3.8) is 0 Å². The fourth-order valence-electron chi connectivity index (χ4n) is 2.26. The van der Waals surface area contributed by atoms with Crippen LogP contribution in [0.3, 0.4) is 0 Å². The third kappa shape index (κ3) is 3.22. The number of ether oxygens (including phenoxy) is 1. The van der Waals surface area contributed by atoms with Crippen molar-refractivity contribution < 1.29 is 9.53 Å². The highest BCUT2D eigenvalue weighted by molar-refractivity contribution is 5.77. The number of carbonyl (C=O) groups excluding carboxylic acids is 1. The van der Waals surface area contributed by atoms with Gasteiger partial charge in [-0.15, -0.1) is 0 Å². The fraction of sp³-hybridized carbons (Fsp3) is 0.500. The first-order valence-corrected chi connectivity index (χ1v) is 6.21. The van der Waals surface area contributed by atoms with Crippen LogP contribution >= 0.6 is 0 Å². The van der Waals surface area contributed by atoms with E-state index >= 15 is 0 Å². The SMILES string of the molecule is CN(C(=O)COc1ccccc1)C1CCCC1. The fourth-order valence-corrected chi connectivity index (χ4v) is 2.26. The molecule has 3 heteroatoms. The molecule has 0 radical (unpaired) electrons. The van der Waals surface area contributed by atoms with Gasteiger partial charge in [-0.3, -0.25) is 4.79 Å². The Morgan fingerprint density at radius 2 is 1.94 bits per heavy atom. The summed E-state index contributed by atoms with van der Waals surface area (Å²) in [5.41, 5.74) is 0. The van der Waals surface area contributed by atoms with E-state index in [0.717, 1.165) is 18.6 Å². The summed E-state index contributed by atoms with van der Waals surface area (Å²) in [6, 6.07) is 9.88. The highest BCUT2D eigenvalue weighted by Gasteiger charge is 2.23. The minimum absolute atomic E-state index is 0.0701. The lowest BCUT2D eigenvalue weighted by atomic mass is 10.2. The Balaban J connectivity index is 1.80. The summed E-state index contributed by atoms with van der Waals surface area (Å²) < 4.78 is 5.46. The molecule has 1 aliphatic carbocycles. The molecule has 0 saturated heterocycles. The molecule has 1 amide bonds. The van der Waals surface area contributed by atoms with Gasteiger partial charge in [0.25, 0.3) is 5.91 Å². The third-order valence-corrected chi connectivity index (χ3v) is 3.37. The molecule has 0 aromatic heterocycles. The second kappa shape index (κ2) is 5.71. The average Bonchev–Trinajstić information content (AvgIpc) is 2.90. The van der Waals surface area contributed by atoms with Crippen LogP contribution in [0.25, 0.3) is 0 Å². The van der Waals surface area contributed by atoms with E-state index in [1.54, 1.807) is 0 Å². The molecule has 0 aliphatic heterocycles. The van der Waals surface area contributed by atoms with Crippen molar-refractivity contribution in [3.05, 3.63) is 30.3 Å². The Morgan fingerprint density at radius 1 is 1.29 bits per heavy atom. The molecule has 0 bridgehead atoms. The lowest BCUT2D eigenvalue weighted by Gasteiger charge is -2.24. The summed E-state index contributed by atoms with van der Waals surface area (Å²) in [6.07, 6.45) is 4.74. The molecule has 0 atom stereocenters. The van der Waals surface area contributed by atoms with Crippen LogP contribution in [-0.2, 0) is 4.79 Å². The van der Waals surface area contributed by atoms with E-state index in [1.165, 1.54) is 12.8 Å². The Labute approximate surface area is 102 Å². The number of amides is 1. The van der Waals surface area contributed by atoms with E-state index < -0.39 is 0 Å². The zero-order valence-electron chi connectivity index (χ0n) is 10.3. The van der Waals surface area contributed by atoms with Crippen molar-refractivity contribution in [1.82, 2.24) is 4.90 Å². The summed E-state index contributed by atoms with van der Waals surface area (Å²) in [4.78, 5) is 13.7. The second-order valence-corrected chi connectivity index (χ2v) is 4.54. The minimum atomic E-state index is 0.0701. The number of rotatable bonds is 4. The quantitative estimate of drug-likeness (QED) is 0.799. The van der Waals surface area contributed by atoms with Gasteiger partial charge in [0, 0.05) is 13.1 Å². The molecule has 0 N–H and O–H groups in total. The van der Waals surface area contributed by atoms with Crippen LogP contribution in [0, 0.1) is 0 Å². The van der Waals surface area contributed by atoms with Crippen molar-refractivity contribution in [3.8, 4) is 5.75 Å². The number of carbonyl (C=O) groups is 1. The number of hydrogen-bond acceptors (Lipinski definition) is 2. The lowest BCUT2D eigenvalue weighted by Crippen LogP contribution is -2.38. The monoisotopic (exact) mass is 233 g/mol. The van der Waals surface area contributed by atoms with Gasteiger partial charge < -0.3 is 9.64 Å². The number of benzene rings is 1.